The molecule has 26 heavy (non-hydrogen) atoms. The first-order valence-electron chi connectivity index (χ1n) is 8.86. The highest BCUT2D eigenvalue weighted by molar-refractivity contribution is 9.10. The molecule has 0 aromatic heterocycles. The Morgan fingerprint density at radius 2 is 1.31 bits per heavy atom. The molecular weight excluding hydrogens is 379 g/mol. The van der Waals surface area contributed by atoms with Crippen molar-refractivity contribution in [3.8, 4) is 22.3 Å². The Morgan fingerprint density at radius 3 is 2.08 bits per heavy atom. The third-order valence-electron chi connectivity index (χ3n) is 5.22. The average Bonchev–Trinajstić information content (AvgIpc) is 3.03. The molecule has 0 saturated carbocycles. The van der Waals surface area contributed by atoms with Crippen molar-refractivity contribution in [2.24, 2.45) is 0 Å². The molecule has 0 fully saturated rings. The van der Waals surface area contributed by atoms with Gasteiger partial charge in [0.25, 0.3) is 0 Å². The van der Waals surface area contributed by atoms with Crippen molar-refractivity contribution >= 4 is 39.0 Å². The van der Waals surface area contributed by atoms with Gasteiger partial charge < -0.3 is 0 Å². The fourth-order valence-corrected chi connectivity index (χ4v) is 4.50. The predicted molar refractivity (Wildman–Crippen MR) is 116 cm³/mol. The topological polar surface area (TPSA) is 0 Å². The van der Waals surface area contributed by atoms with Gasteiger partial charge in [0, 0.05) is 4.47 Å². The maximum atomic E-state index is 3.67. The lowest BCUT2D eigenvalue weighted by molar-refractivity contribution is 1.62. The van der Waals surface area contributed by atoms with Gasteiger partial charge in [-0.2, -0.15) is 0 Å². The molecule has 1 aliphatic rings. The SMILES string of the molecule is Brc1ccc2c(c1)-c1c(cccc1-c1ccccc1)B2c1ccccc1. The van der Waals surface area contributed by atoms with Crippen LogP contribution in [0.5, 0.6) is 0 Å². The quantitative estimate of drug-likeness (QED) is 0.383. The summed E-state index contributed by atoms with van der Waals surface area (Å²) in [6.45, 7) is 0.290. The molecule has 0 radical (unpaired) electrons. The van der Waals surface area contributed by atoms with Gasteiger partial charge in [-0.1, -0.05) is 117 Å². The molecule has 0 saturated heterocycles. The molecule has 2 heteroatoms. The number of rotatable bonds is 2. The zero-order valence-corrected chi connectivity index (χ0v) is 15.8. The lowest BCUT2D eigenvalue weighted by atomic mass is 9.39. The maximum absolute atomic E-state index is 3.67. The number of fused-ring (bicyclic) bond motifs is 3. The molecule has 0 aliphatic carbocycles. The minimum atomic E-state index is 0.290. The molecule has 0 N–H and O–H groups in total. The minimum Gasteiger partial charge on any atom is -0.0686 e. The summed E-state index contributed by atoms with van der Waals surface area (Å²) in [5.74, 6) is 0. The fourth-order valence-electron chi connectivity index (χ4n) is 4.14. The van der Waals surface area contributed by atoms with Crippen LogP contribution in [0.4, 0.5) is 0 Å². The summed E-state index contributed by atoms with van der Waals surface area (Å²) in [7, 11) is 0. The van der Waals surface area contributed by atoms with Crippen molar-refractivity contribution in [1.29, 1.82) is 0 Å². The van der Waals surface area contributed by atoms with Gasteiger partial charge in [0.2, 0.25) is 6.71 Å². The standard InChI is InChI=1S/C24H16BBr/c26-19-14-15-22-21(16-19)24-20(17-8-3-1-4-9-17)12-7-13-23(24)25(22)18-10-5-2-6-11-18/h1-16H. The van der Waals surface area contributed by atoms with Crippen LogP contribution in [0, 0.1) is 0 Å². The van der Waals surface area contributed by atoms with Gasteiger partial charge in [-0.15, -0.1) is 0 Å². The van der Waals surface area contributed by atoms with E-state index in [1.165, 1.54) is 38.6 Å². The molecular formula is C24H16BBr. The Labute approximate surface area is 162 Å². The molecule has 0 bridgehead atoms. The Morgan fingerprint density at radius 1 is 0.577 bits per heavy atom. The Balaban J connectivity index is 1.83. The number of halogens is 1. The highest BCUT2D eigenvalue weighted by Crippen LogP contribution is 2.34. The van der Waals surface area contributed by atoms with Gasteiger partial charge in [0.05, 0.1) is 0 Å². The first-order chi connectivity index (χ1) is 12.8. The molecule has 4 aromatic rings. The van der Waals surface area contributed by atoms with E-state index in [2.05, 4.69) is 113 Å². The second-order valence-corrected chi connectivity index (χ2v) is 7.63. The van der Waals surface area contributed by atoms with Crippen molar-refractivity contribution in [2.45, 2.75) is 0 Å². The molecule has 5 rings (SSSR count). The van der Waals surface area contributed by atoms with Crippen molar-refractivity contribution in [2.75, 3.05) is 0 Å². The van der Waals surface area contributed by atoms with E-state index < -0.39 is 0 Å². The van der Waals surface area contributed by atoms with Crippen LogP contribution in [-0.2, 0) is 0 Å². The van der Waals surface area contributed by atoms with Crippen molar-refractivity contribution in [3.63, 3.8) is 0 Å². The zero-order chi connectivity index (χ0) is 17.5. The van der Waals surface area contributed by atoms with E-state index in [4.69, 9.17) is 0 Å². The van der Waals surface area contributed by atoms with E-state index in [9.17, 15) is 0 Å². The van der Waals surface area contributed by atoms with Gasteiger partial charge in [0.1, 0.15) is 0 Å². The predicted octanol–water partition coefficient (Wildman–Crippen LogP) is 4.61. The van der Waals surface area contributed by atoms with Crippen LogP contribution in [0.25, 0.3) is 22.3 Å². The summed E-state index contributed by atoms with van der Waals surface area (Å²) in [4.78, 5) is 0. The Kier molecular flexibility index (Phi) is 3.79. The first kappa shape index (κ1) is 15.7. The Hall–Kier alpha value is -2.58. The summed E-state index contributed by atoms with van der Waals surface area (Å²) in [5.41, 5.74) is 9.40. The van der Waals surface area contributed by atoms with Gasteiger partial charge >= 0.3 is 0 Å². The fraction of sp³-hybridized carbons (Fsp3) is 0. The maximum Gasteiger partial charge on any atom is 0.242 e. The molecule has 1 aliphatic heterocycles. The van der Waals surface area contributed by atoms with Crippen LogP contribution in [0.15, 0.2) is 102 Å². The average molecular weight is 395 g/mol. The van der Waals surface area contributed by atoms with Crippen LogP contribution < -0.4 is 16.4 Å². The minimum absolute atomic E-state index is 0.290. The molecule has 4 aromatic carbocycles. The van der Waals surface area contributed by atoms with E-state index in [-0.39, 0.29) is 6.71 Å². The molecule has 122 valence electrons. The second kappa shape index (κ2) is 6.30. The lowest BCUT2D eigenvalue weighted by Gasteiger charge is -2.12. The van der Waals surface area contributed by atoms with Crippen molar-refractivity contribution in [3.05, 3.63) is 102 Å². The van der Waals surface area contributed by atoms with Gasteiger partial charge in [-0.3, -0.25) is 0 Å². The summed E-state index contributed by atoms with van der Waals surface area (Å²) < 4.78 is 1.12. The van der Waals surface area contributed by atoms with Gasteiger partial charge in [-0.05, 0) is 34.4 Å². The summed E-state index contributed by atoms with van der Waals surface area (Å²) in [6.07, 6.45) is 0. The largest absolute Gasteiger partial charge is 0.242 e. The van der Waals surface area contributed by atoms with Crippen molar-refractivity contribution < 1.29 is 0 Å². The normalized spacial score (nSPS) is 12.0. The first-order valence-corrected chi connectivity index (χ1v) is 9.65. The van der Waals surface area contributed by atoms with Crippen LogP contribution >= 0.6 is 15.9 Å². The number of benzene rings is 4. The molecule has 0 spiro atoms. The van der Waals surface area contributed by atoms with Crippen LogP contribution in [0.3, 0.4) is 0 Å². The molecule has 0 atom stereocenters. The molecule has 0 nitrogen and oxygen atoms in total. The number of hydrogen-bond donors (Lipinski definition) is 0. The summed E-state index contributed by atoms with van der Waals surface area (Å²) >= 11 is 3.67. The molecule has 1 heterocycles. The Bertz CT molecular complexity index is 1090. The monoisotopic (exact) mass is 394 g/mol. The van der Waals surface area contributed by atoms with E-state index in [0.717, 1.165) is 4.47 Å². The van der Waals surface area contributed by atoms with Crippen LogP contribution in [0.2, 0.25) is 0 Å². The lowest BCUT2D eigenvalue weighted by Crippen LogP contribution is -2.48. The summed E-state index contributed by atoms with van der Waals surface area (Å²) in [5, 5.41) is 0. The second-order valence-electron chi connectivity index (χ2n) is 6.71. The van der Waals surface area contributed by atoms with E-state index in [0.29, 0.717) is 0 Å². The summed E-state index contributed by atoms with van der Waals surface area (Å²) in [6, 6.07) is 34.9. The third kappa shape index (κ3) is 2.45. The van der Waals surface area contributed by atoms with Crippen LogP contribution in [0.1, 0.15) is 0 Å². The van der Waals surface area contributed by atoms with Crippen molar-refractivity contribution in [1.82, 2.24) is 0 Å². The van der Waals surface area contributed by atoms with E-state index in [1.54, 1.807) is 0 Å². The zero-order valence-electron chi connectivity index (χ0n) is 14.2. The van der Waals surface area contributed by atoms with Gasteiger partial charge in [-0.25, -0.2) is 0 Å². The van der Waals surface area contributed by atoms with E-state index >= 15 is 0 Å². The number of hydrogen-bond acceptors (Lipinski definition) is 0. The smallest absolute Gasteiger partial charge is 0.0686 e. The van der Waals surface area contributed by atoms with Crippen LogP contribution in [-0.4, -0.2) is 6.71 Å². The molecule has 0 amide bonds. The highest BCUT2D eigenvalue weighted by Gasteiger charge is 2.34. The highest BCUT2D eigenvalue weighted by atomic mass is 79.9. The molecule has 0 unspecified atom stereocenters. The van der Waals surface area contributed by atoms with E-state index in [1.807, 2.05) is 0 Å². The third-order valence-corrected chi connectivity index (χ3v) is 5.71. The van der Waals surface area contributed by atoms with Gasteiger partial charge in [0.15, 0.2) is 0 Å².